The molecule has 3 nitrogen and oxygen atoms in total. The second-order valence-electron chi connectivity index (χ2n) is 5.98. The third-order valence-electron chi connectivity index (χ3n) is 4.03. The normalized spacial score (nSPS) is 12.0. The first-order chi connectivity index (χ1) is 11.6. The molecule has 2 N–H and O–H groups in total. The summed E-state index contributed by atoms with van der Waals surface area (Å²) in [6.07, 6.45) is 1.81. The zero-order chi connectivity index (χ0) is 17.4. The van der Waals surface area contributed by atoms with Gasteiger partial charge in [0, 0.05) is 25.6 Å². The molecule has 1 unspecified atom stereocenters. The van der Waals surface area contributed by atoms with Crippen molar-refractivity contribution in [3.05, 3.63) is 71.5 Å². The summed E-state index contributed by atoms with van der Waals surface area (Å²) in [5, 5.41) is 0. The van der Waals surface area contributed by atoms with Crippen molar-refractivity contribution >= 4 is 5.91 Å². The van der Waals surface area contributed by atoms with Crippen LogP contribution in [0.1, 0.15) is 36.9 Å². The topological polar surface area (TPSA) is 46.3 Å². The highest BCUT2D eigenvalue weighted by Crippen LogP contribution is 2.15. The van der Waals surface area contributed by atoms with Gasteiger partial charge in [-0.3, -0.25) is 4.79 Å². The average molecular weight is 328 g/mol. The molecule has 0 aliphatic rings. The molecule has 128 valence electrons. The molecule has 0 aromatic heterocycles. The second kappa shape index (κ2) is 9.18. The number of halogens is 1. The van der Waals surface area contributed by atoms with Gasteiger partial charge in [-0.05, 0) is 36.1 Å². The van der Waals surface area contributed by atoms with E-state index >= 15 is 0 Å². The molecule has 0 radical (unpaired) electrons. The van der Waals surface area contributed by atoms with Gasteiger partial charge >= 0.3 is 0 Å². The summed E-state index contributed by atoms with van der Waals surface area (Å²) in [7, 11) is 0. The largest absolute Gasteiger partial charge is 0.342 e. The minimum atomic E-state index is -0.299. The van der Waals surface area contributed by atoms with Gasteiger partial charge in [0.25, 0.3) is 0 Å². The van der Waals surface area contributed by atoms with Gasteiger partial charge in [0.2, 0.25) is 5.91 Å². The fraction of sp³-hybridized carbons (Fsp3) is 0.350. The molecular weight excluding hydrogens is 303 g/mol. The minimum Gasteiger partial charge on any atom is -0.342 e. The number of rotatable bonds is 8. The van der Waals surface area contributed by atoms with Crippen molar-refractivity contribution in [3.8, 4) is 0 Å². The molecule has 1 amide bonds. The quantitative estimate of drug-likeness (QED) is 0.803. The molecule has 0 saturated carbocycles. The maximum Gasteiger partial charge on any atom is 0.224 e. The van der Waals surface area contributed by atoms with E-state index in [0.29, 0.717) is 19.5 Å². The van der Waals surface area contributed by atoms with Gasteiger partial charge in [-0.2, -0.15) is 0 Å². The lowest BCUT2D eigenvalue weighted by Gasteiger charge is -2.24. The van der Waals surface area contributed by atoms with Crippen LogP contribution < -0.4 is 5.73 Å². The Bertz CT molecular complexity index is 645. The summed E-state index contributed by atoms with van der Waals surface area (Å²) in [5.74, 6) is -0.198. The summed E-state index contributed by atoms with van der Waals surface area (Å²) in [6.45, 7) is 3.31. The standard InChI is InChI=1S/C20H25FN2O/c1-2-12-23(13-11-16-7-6-10-18(21)14-16)20(24)15-19(22)17-8-4-3-5-9-17/h3-10,14,19H,2,11-13,15,22H2,1H3. The predicted molar refractivity (Wildman–Crippen MR) is 95.0 cm³/mol. The van der Waals surface area contributed by atoms with E-state index in [9.17, 15) is 9.18 Å². The Morgan fingerprint density at radius 2 is 1.88 bits per heavy atom. The van der Waals surface area contributed by atoms with Gasteiger partial charge in [-0.25, -0.2) is 4.39 Å². The van der Waals surface area contributed by atoms with Crippen LogP contribution in [0.25, 0.3) is 0 Å². The summed E-state index contributed by atoms with van der Waals surface area (Å²) in [5.41, 5.74) is 8.02. The molecular formula is C20H25FN2O. The van der Waals surface area contributed by atoms with E-state index in [1.54, 1.807) is 6.07 Å². The van der Waals surface area contributed by atoms with Crippen LogP contribution in [0.3, 0.4) is 0 Å². The summed E-state index contributed by atoms with van der Waals surface area (Å²) in [6, 6.07) is 15.9. The maximum absolute atomic E-state index is 13.3. The molecule has 2 aromatic carbocycles. The highest BCUT2D eigenvalue weighted by Gasteiger charge is 2.17. The first-order valence-corrected chi connectivity index (χ1v) is 8.43. The molecule has 0 saturated heterocycles. The number of carbonyl (C=O) groups excluding carboxylic acids is 1. The number of nitrogens with two attached hydrogens (primary N) is 1. The molecule has 2 aromatic rings. The predicted octanol–water partition coefficient (Wildman–Crippen LogP) is 3.70. The highest BCUT2D eigenvalue weighted by atomic mass is 19.1. The number of amides is 1. The van der Waals surface area contributed by atoms with Crippen molar-refractivity contribution in [2.75, 3.05) is 13.1 Å². The Morgan fingerprint density at radius 1 is 1.12 bits per heavy atom. The Labute approximate surface area is 143 Å². The first kappa shape index (κ1) is 18.1. The van der Waals surface area contributed by atoms with Gasteiger partial charge in [0.1, 0.15) is 5.82 Å². The van der Waals surface area contributed by atoms with Crippen LogP contribution >= 0.6 is 0 Å². The van der Waals surface area contributed by atoms with E-state index in [1.165, 1.54) is 12.1 Å². The van der Waals surface area contributed by atoms with Gasteiger partial charge < -0.3 is 10.6 Å². The van der Waals surface area contributed by atoms with Crippen LogP contribution in [0.2, 0.25) is 0 Å². The smallest absolute Gasteiger partial charge is 0.224 e. The van der Waals surface area contributed by atoms with Crippen LogP contribution in [0.5, 0.6) is 0 Å². The Morgan fingerprint density at radius 3 is 2.54 bits per heavy atom. The zero-order valence-electron chi connectivity index (χ0n) is 14.1. The highest BCUT2D eigenvalue weighted by molar-refractivity contribution is 5.77. The number of benzene rings is 2. The van der Waals surface area contributed by atoms with Crippen molar-refractivity contribution in [3.63, 3.8) is 0 Å². The second-order valence-corrected chi connectivity index (χ2v) is 5.98. The van der Waals surface area contributed by atoms with E-state index in [1.807, 2.05) is 48.2 Å². The number of nitrogens with zero attached hydrogens (tertiary/aromatic N) is 1. The molecule has 0 aliphatic carbocycles. The Kier molecular flexibility index (Phi) is 6.94. The lowest BCUT2D eigenvalue weighted by atomic mass is 10.0. The molecule has 0 aliphatic heterocycles. The van der Waals surface area contributed by atoms with Crippen molar-refractivity contribution in [1.82, 2.24) is 4.90 Å². The third-order valence-corrected chi connectivity index (χ3v) is 4.03. The van der Waals surface area contributed by atoms with E-state index in [2.05, 4.69) is 0 Å². The summed E-state index contributed by atoms with van der Waals surface area (Å²) >= 11 is 0. The molecule has 0 spiro atoms. The molecule has 0 bridgehead atoms. The molecule has 1 atom stereocenters. The maximum atomic E-state index is 13.3. The Hall–Kier alpha value is -2.20. The van der Waals surface area contributed by atoms with Crippen molar-refractivity contribution in [2.45, 2.75) is 32.2 Å². The summed E-state index contributed by atoms with van der Waals surface area (Å²) in [4.78, 5) is 14.4. The van der Waals surface area contributed by atoms with Gasteiger partial charge in [-0.15, -0.1) is 0 Å². The molecule has 2 rings (SSSR count). The monoisotopic (exact) mass is 328 g/mol. The average Bonchev–Trinajstić information content (AvgIpc) is 2.59. The van der Waals surface area contributed by atoms with Gasteiger partial charge in [-0.1, -0.05) is 49.4 Å². The van der Waals surface area contributed by atoms with Crippen LogP contribution in [0, 0.1) is 5.82 Å². The van der Waals surface area contributed by atoms with Crippen LogP contribution in [0.4, 0.5) is 4.39 Å². The van der Waals surface area contributed by atoms with E-state index in [4.69, 9.17) is 5.73 Å². The number of carbonyl (C=O) groups is 1. The van der Waals surface area contributed by atoms with Gasteiger partial charge in [0.05, 0.1) is 0 Å². The Balaban J connectivity index is 1.94. The van der Waals surface area contributed by atoms with Crippen molar-refractivity contribution < 1.29 is 9.18 Å². The molecule has 24 heavy (non-hydrogen) atoms. The lowest BCUT2D eigenvalue weighted by molar-refractivity contribution is -0.131. The van der Waals surface area contributed by atoms with Gasteiger partial charge in [0.15, 0.2) is 0 Å². The fourth-order valence-electron chi connectivity index (χ4n) is 2.72. The van der Waals surface area contributed by atoms with E-state index < -0.39 is 0 Å². The third kappa shape index (κ3) is 5.46. The first-order valence-electron chi connectivity index (χ1n) is 8.43. The van der Waals surface area contributed by atoms with E-state index in [-0.39, 0.29) is 24.2 Å². The molecule has 0 heterocycles. The molecule has 0 fully saturated rings. The minimum absolute atomic E-state index is 0.0459. The van der Waals surface area contributed by atoms with Crippen LogP contribution in [0.15, 0.2) is 54.6 Å². The summed E-state index contributed by atoms with van der Waals surface area (Å²) < 4.78 is 13.3. The van der Waals surface area contributed by atoms with Crippen LogP contribution in [-0.2, 0) is 11.2 Å². The number of hydrogen-bond donors (Lipinski definition) is 1. The lowest BCUT2D eigenvalue weighted by Crippen LogP contribution is -2.35. The van der Waals surface area contributed by atoms with E-state index in [0.717, 1.165) is 17.5 Å². The van der Waals surface area contributed by atoms with Crippen molar-refractivity contribution in [2.24, 2.45) is 5.73 Å². The zero-order valence-corrected chi connectivity index (χ0v) is 14.1. The number of hydrogen-bond acceptors (Lipinski definition) is 2. The van der Waals surface area contributed by atoms with Crippen LogP contribution in [-0.4, -0.2) is 23.9 Å². The SMILES string of the molecule is CCCN(CCc1cccc(F)c1)C(=O)CC(N)c1ccccc1. The molecule has 4 heteroatoms. The fourth-order valence-corrected chi connectivity index (χ4v) is 2.72. The van der Waals surface area contributed by atoms with Crippen molar-refractivity contribution in [1.29, 1.82) is 0 Å².